The largest absolute Gasteiger partial charge is 0.465 e. The number of carbonyl (C=O) groups is 1. The number of nitrogens with zero attached hydrogens (tertiary/aromatic N) is 1. The van der Waals surface area contributed by atoms with Gasteiger partial charge in [0.1, 0.15) is 0 Å². The molecular formula is C22H25NO2S. The first-order valence-electron chi connectivity index (χ1n) is 8.76. The first-order valence-corrected chi connectivity index (χ1v) is 9.58. The normalized spacial score (nSPS) is 17.7. The summed E-state index contributed by atoms with van der Waals surface area (Å²) in [7, 11) is 1.38. The van der Waals surface area contributed by atoms with Gasteiger partial charge in [-0.1, -0.05) is 33.8 Å². The molecule has 4 heteroatoms. The summed E-state index contributed by atoms with van der Waals surface area (Å²) in [5.74, 6) is -0.335. The summed E-state index contributed by atoms with van der Waals surface area (Å²) in [6, 6.07) is 13.7. The topological polar surface area (TPSA) is 38.7 Å². The van der Waals surface area contributed by atoms with Crippen molar-refractivity contribution in [3.8, 4) is 0 Å². The van der Waals surface area contributed by atoms with E-state index in [0.29, 0.717) is 5.56 Å². The second-order valence-electron chi connectivity index (χ2n) is 7.97. The minimum atomic E-state index is -0.335. The highest BCUT2D eigenvalue weighted by Crippen LogP contribution is 2.50. The van der Waals surface area contributed by atoms with E-state index < -0.39 is 0 Å². The quantitative estimate of drug-likeness (QED) is 0.510. The molecule has 1 aliphatic rings. The van der Waals surface area contributed by atoms with Crippen LogP contribution >= 0.6 is 11.8 Å². The number of carbonyl (C=O) groups excluding carboxylic acids is 1. The van der Waals surface area contributed by atoms with Crippen molar-refractivity contribution in [1.29, 1.82) is 0 Å². The maximum atomic E-state index is 11.5. The Morgan fingerprint density at radius 2 is 1.81 bits per heavy atom. The molecule has 0 atom stereocenters. The molecule has 1 heterocycles. The molecule has 3 rings (SSSR count). The van der Waals surface area contributed by atoms with Crippen LogP contribution in [0.3, 0.4) is 0 Å². The average molecular weight is 368 g/mol. The molecule has 0 N–H and O–H groups in total. The summed E-state index contributed by atoms with van der Waals surface area (Å²) in [6.07, 6.45) is 3.03. The van der Waals surface area contributed by atoms with Gasteiger partial charge in [-0.2, -0.15) is 0 Å². The summed E-state index contributed by atoms with van der Waals surface area (Å²) in [6.45, 7) is 9.27. The van der Waals surface area contributed by atoms with Crippen molar-refractivity contribution in [2.24, 2.45) is 4.99 Å². The van der Waals surface area contributed by atoms with Gasteiger partial charge in [0, 0.05) is 15.9 Å². The fourth-order valence-electron chi connectivity index (χ4n) is 3.69. The lowest BCUT2D eigenvalue weighted by molar-refractivity contribution is 0.0601. The smallest absolute Gasteiger partial charge is 0.337 e. The molecular weight excluding hydrogens is 342 g/mol. The summed E-state index contributed by atoms with van der Waals surface area (Å²) < 4.78 is 4.97. The fourth-order valence-corrected chi connectivity index (χ4v) is 5.30. The zero-order chi connectivity index (χ0) is 18.9. The molecule has 136 valence electrons. The summed E-state index contributed by atoms with van der Waals surface area (Å²) in [5.41, 5.74) is 3.98. The van der Waals surface area contributed by atoms with Crippen LogP contribution in [0.25, 0.3) is 0 Å². The molecule has 1 aliphatic heterocycles. The maximum Gasteiger partial charge on any atom is 0.337 e. The Kier molecular flexibility index (Phi) is 4.98. The number of methoxy groups -OCH3 is 1. The standard InChI is InChI=1S/C22H25NO2S/c1-21(2)14-22(3,4)26-19-11-6-15(12-18(19)21)13-23-17-9-7-16(8-10-17)20(24)25-5/h6-13H,14H2,1-5H3. The van der Waals surface area contributed by atoms with Crippen LogP contribution in [-0.4, -0.2) is 24.0 Å². The van der Waals surface area contributed by atoms with Crippen molar-refractivity contribution >= 4 is 29.6 Å². The first kappa shape index (κ1) is 18.7. The predicted octanol–water partition coefficient (Wildman–Crippen LogP) is 5.78. The van der Waals surface area contributed by atoms with Crippen LogP contribution in [0.4, 0.5) is 5.69 Å². The number of hydrogen-bond donors (Lipinski definition) is 0. The maximum absolute atomic E-state index is 11.5. The second kappa shape index (κ2) is 6.92. The lowest BCUT2D eigenvalue weighted by Gasteiger charge is -2.41. The number of benzene rings is 2. The highest BCUT2D eigenvalue weighted by molar-refractivity contribution is 8.00. The van der Waals surface area contributed by atoms with E-state index in [9.17, 15) is 4.79 Å². The molecule has 0 bridgehead atoms. The molecule has 0 aliphatic carbocycles. The van der Waals surface area contributed by atoms with Gasteiger partial charge in [0.05, 0.1) is 18.4 Å². The van der Waals surface area contributed by atoms with Crippen molar-refractivity contribution in [3.05, 3.63) is 59.2 Å². The molecule has 0 amide bonds. The van der Waals surface area contributed by atoms with E-state index in [4.69, 9.17) is 4.74 Å². The van der Waals surface area contributed by atoms with Crippen molar-refractivity contribution in [2.75, 3.05) is 7.11 Å². The first-order chi connectivity index (χ1) is 12.2. The average Bonchev–Trinajstić information content (AvgIpc) is 2.58. The number of aliphatic imine (C=N–C) groups is 1. The molecule has 3 nitrogen and oxygen atoms in total. The molecule has 2 aromatic carbocycles. The van der Waals surface area contributed by atoms with Gasteiger partial charge in [0.2, 0.25) is 0 Å². The Bertz CT molecular complexity index is 851. The predicted molar refractivity (Wildman–Crippen MR) is 109 cm³/mol. The Hall–Kier alpha value is -2.07. The number of ether oxygens (including phenoxy) is 1. The summed E-state index contributed by atoms with van der Waals surface area (Å²) in [4.78, 5) is 17.4. The van der Waals surface area contributed by atoms with Gasteiger partial charge in [0.15, 0.2) is 0 Å². The minimum Gasteiger partial charge on any atom is -0.465 e. The SMILES string of the molecule is COC(=O)c1ccc(N=Cc2ccc3c(c2)C(C)(C)CC(C)(C)S3)cc1. The highest BCUT2D eigenvalue weighted by Gasteiger charge is 2.37. The summed E-state index contributed by atoms with van der Waals surface area (Å²) >= 11 is 1.96. The van der Waals surface area contributed by atoms with Crippen molar-refractivity contribution in [2.45, 2.75) is 49.2 Å². The Labute approximate surface area is 159 Å². The number of thioether (sulfide) groups is 1. The van der Waals surface area contributed by atoms with E-state index in [-0.39, 0.29) is 16.1 Å². The van der Waals surface area contributed by atoms with Crippen LogP contribution in [0.5, 0.6) is 0 Å². The zero-order valence-corrected chi connectivity index (χ0v) is 16.8. The van der Waals surface area contributed by atoms with Crippen LogP contribution in [-0.2, 0) is 10.2 Å². The lowest BCUT2D eigenvalue weighted by atomic mass is 9.76. The summed E-state index contributed by atoms with van der Waals surface area (Å²) in [5, 5.41) is 0. The van der Waals surface area contributed by atoms with Gasteiger partial charge in [-0.15, -0.1) is 11.8 Å². The van der Waals surface area contributed by atoms with E-state index in [2.05, 4.69) is 50.9 Å². The molecule has 0 fully saturated rings. The zero-order valence-electron chi connectivity index (χ0n) is 16.0. The van der Waals surface area contributed by atoms with Gasteiger partial charge in [-0.25, -0.2) is 4.79 Å². The van der Waals surface area contributed by atoms with E-state index in [1.165, 1.54) is 17.6 Å². The number of hydrogen-bond acceptors (Lipinski definition) is 4. The van der Waals surface area contributed by atoms with Crippen LogP contribution in [0.2, 0.25) is 0 Å². The Morgan fingerprint density at radius 3 is 2.46 bits per heavy atom. The number of fused-ring (bicyclic) bond motifs is 1. The monoisotopic (exact) mass is 367 g/mol. The van der Waals surface area contributed by atoms with E-state index in [1.807, 2.05) is 30.1 Å². The van der Waals surface area contributed by atoms with E-state index in [0.717, 1.165) is 17.7 Å². The molecule has 0 saturated carbocycles. The third-order valence-corrected chi connectivity index (χ3v) is 5.91. The highest BCUT2D eigenvalue weighted by atomic mass is 32.2. The Morgan fingerprint density at radius 1 is 1.12 bits per heavy atom. The van der Waals surface area contributed by atoms with Gasteiger partial charge in [-0.05, 0) is 59.4 Å². The third-order valence-electron chi connectivity index (χ3n) is 4.64. The van der Waals surface area contributed by atoms with Gasteiger partial charge in [0.25, 0.3) is 0 Å². The minimum absolute atomic E-state index is 0.149. The van der Waals surface area contributed by atoms with Gasteiger partial charge in [-0.3, -0.25) is 4.99 Å². The van der Waals surface area contributed by atoms with Crippen LogP contribution < -0.4 is 0 Å². The third kappa shape index (κ3) is 4.01. The van der Waals surface area contributed by atoms with E-state index in [1.54, 1.807) is 12.1 Å². The lowest BCUT2D eigenvalue weighted by Crippen LogP contribution is -2.33. The number of rotatable bonds is 3. The van der Waals surface area contributed by atoms with Crippen LogP contribution in [0.15, 0.2) is 52.4 Å². The van der Waals surface area contributed by atoms with Gasteiger partial charge >= 0.3 is 5.97 Å². The van der Waals surface area contributed by atoms with Crippen LogP contribution in [0, 0.1) is 0 Å². The molecule has 0 aromatic heterocycles. The molecule has 26 heavy (non-hydrogen) atoms. The van der Waals surface area contributed by atoms with Crippen LogP contribution in [0.1, 0.15) is 55.6 Å². The second-order valence-corrected chi connectivity index (χ2v) is 9.72. The molecule has 0 unspecified atom stereocenters. The Balaban J connectivity index is 1.83. The number of esters is 1. The molecule has 0 spiro atoms. The molecule has 0 radical (unpaired) electrons. The molecule has 0 saturated heterocycles. The molecule has 2 aromatic rings. The fraction of sp³-hybridized carbons (Fsp3) is 0.364. The van der Waals surface area contributed by atoms with Crippen molar-refractivity contribution in [1.82, 2.24) is 0 Å². The van der Waals surface area contributed by atoms with Crippen molar-refractivity contribution < 1.29 is 9.53 Å². The van der Waals surface area contributed by atoms with Gasteiger partial charge < -0.3 is 4.74 Å². The van der Waals surface area contributed by atoms with E-state index >= 15 is 0 Å². The van der Waals surface area contributed by atoms with Crippen molar-refractivity contribution in [3.63, 3.8) is 0 Å².